The Morgan fingerprint density at radius 1 is 1.28 bits per heavy atom. The van der Waals surface area contributed by atoms with Crippen LogP contribution < -0.4 is 0 Å². The van der Waals surface area contributed by atoms with E-state index in [1.807, 2.05) is 57.2 Å². The van der Waals surface area contributed by atoms with Crippen LogP contribution in [0, 0.1) is 5.41 Å². The van der Waals surface area contributed by atoms with Crippen molar-refractivity contribution in [3.63, 3.8) is 0 Å². The molecule has 0 fully saturated rings. The molecule has 1 atom stereocenters. The van der Waals surface area contributed by atoms with Crippen LogP contribution in [0.1, 0.15) is 32.5 Å². The molecule has 29 heavy (non-hydrogen) atoms. The minimum Gasteiger partial charge on any atom is -0.465 e. The van der Waals surface area contributed by atoms with Crippen molar-refractivity contribution in [3.05, 3.63) is 53.2 Å². The van der Waals surface area contributed by atoms with Crippen molar-refractivity contribution in [1.82, 2.24) is 9.88 Å². The van der Waals surface area contributed by atoms with Gasteiger partial charge >= 0.3 is 6.09 Å². The summed E-state index contributed by atoms with van der Waals surface area (Å²) in [5.41, 5.74) is 1.18. The first kappa shape index (κ1) is 21.6. The number of aromatic nitrogens is 1. The van der Waals surface area contributed by atoms with Gasteiger partial charge in [-0.2, -0.15) is 0 Å². The quantitative estimate of drug-likeness (QED) is 0.494. The van der Waals surface area contributed by atoms with Crippen LogP contribution in [0.25, 0.3) is 20.7 Å². The summed E-state index contributed by atoms with van der Waals surface area (Å²) in [6.45, 7) is 6.67. The SMILES string of the molecule is COCCN(C(=O)O)C(c1cccc(-c2cc3cccc(Cl)c3s2)n1)C(C)(C)C. The van der Waals surface area contributed by atoms with E-state index in [1.54, 1.807) is 18.4 Å². The fraction of sp³-hybridized carbons (Fsp3) is 0.364. The summed E-state index contributed by atoms with van der Waals surface area (Å²) in [6.07, 6.45) is -0.983. The first-order valence-electron chi connectivity index (χ1n) is 9.36. The lowest BCUT2D eigenvalue weighted by Crippen LogP contribution is -2.42. The van der Waals surface area contributed by atoms with Gasteiger partial charge in [0, 0.05) is 13.7 Å². The fourth-order valence-corrected chi connectivity index (χ4v) is 4.82. The summed E-state index contributed by atoms with van der Waals surface area (Å²) in [5.74, 6) is 0. The Morgan fingerprint density at radius 3 is 2.62 bits per heavy atom. The van der Waals surface area contributed by atoms with Crippen LogP contribution >= 0.6 is 22.9 Å². The number of amides is 1. The molecule has 3 aromatic rings. The smallest absolute Gasteiger partial charge is 0.407 e. The molecule has 3 rings (SSSR count). The number of carbonyl (C=O) groups is 1. The minimum atomic E-state index is -0.983. The van der Waals surface area contributed by atoms with Crippen molar-refractivity contribution in [2.75, 3.05) is 20.3 Å². The van der Waals surface area contributed by atoms with Gasteiger partial charge in [-0.05, 0) is 35.1 Å². The number of pyridine rings is 1. The molecule has 1 N–H and O–H groups in total. The number of hydrogen-bond acceptors (Lipinski definition) is 4. The second kappa shape index (κ2) is 8.69. The van der Waals surface area contributed by atoms with E-state index < -0.39 is 12.1 Å². The first-order valence-corrected chi connectivity index (χ1v) is 10.6. The van der Waals surface area contributed by atoms with Crippen LogP contribution in [0.2, 0.25) is 5.02 Å². The molecule has 0 aliphatic heterocycles. The zero-order chi connectivity index (χ0) is 21.2. The largest absolute Gasteiger partial charge is 0.465 e. The van der Waals surface area contributed by atoms with Crippen molar-refractivity contribution in [1.29, 1.82) is 0 Å². The number of carboxylic acid groups (broad SMARTS) is 1. The third-order valence-corrected chi connectivity index (χ3v) is 6.35. The molecule has 0 aliphatic rings. The lowest BCUT2D eigenvalue weighted by Gasteiger charge is -2.38. The maximum atomic E-state index is 12.0. The highest BCUT2D eigenvalue weighted by atomic mass is 35.5. The molecule has 1 aromatic carbocycles. The molecule has 0 saturated carbocycles. The number of halogens is 1. The number of benzene rings is 1. The van der Waals surface area contributed by atoms with E-state index >= 15 is 0 Å². The molecule has 0 spiro atoms. The molecule has 0 bridgehead atoms. The average molecular weight is 433 g/mol. The molecule has 2 aromatic heterocycles. The molecule has 0 aliphatic carbocycles. The van der Waals surface area contributed by atoms with Gasteiger partial charge < -0.3 is 9.84 Å². The summed E-state index contributed by atoms with van der Waals surface area (Å²) in [5, 5.41) is 11.6. The molecule has 2 heterocycles. The second-order valence-corrected chi connectivity index (χ2v) is 9.41. The van der Waals surface area contributed by atoms with Crippen molar-refractivity contribution in [2.24, 2.45) is 5.41 Å². The van der Waals surface area contributed by atoms with Crippen LogP contribution in [-0.4, -0.2) is 41.3 Å². The van der Waals surface area contributed by atoms with E-state index in [0.29, 0.717) is 6.61 Å². The third-order valence-electron chi connectivity index (χ3n) is 4.71. The van der Waals surface area contributed by atoms with Gasteiger partial charge in [0.25, 0.3) is 0 Å². The highest BCUT2D eigenvalue weighted by Crippen LogP contribution is 2.40. The molecule has 1 amide bonds. The van der Waals surface area contributed by atoms with Gasteiger partial charge in [0.15, 0.2) is 0 Å². The van der Waals surface area contributed by atoms with Gasteiger partial charge in [0.2, 0.25) is 0 Å². The number of thiophene rings is 1. The summed E-state index contributed by atoms with van der Waals surface area (Å²) in [7, 11) is 1.57. The Hall–Kier alpha value is -2.15. The predicted octanol–water partition coefficient (Wildman–Crippen LogP) is 6.33. The number of hydrogen-bond donors (Lipinski definition) is 1. The standard InChI is InChI=1S/C22H25ClN2O3S/c1-22(2,3)20(25(21(26)27)11-12-28-4)17-10-6-9-16(24-17)18-13-14-7-5-8-15(23)19(14)29-18/h5-10,13,20H,11-12H2,1-4H3,(H,26,27). The summed E-state index contributed by atoms with van der Waals surface area (Å²) < 4.78 is 6.15. The van der Waals surface area contributed by atoms with Crippen LogP contribution in [0.4, 0.5) is 4.79 Å². The van der Waals surface area contributed by atoms with Gasteiger partial charge in [-0.15, -0.1) is 11.3 Å². The van der Waals surface area contributed by atoms with Gasteiger partial charge in [-0.3, -0.25) is 4.90 Å². The molecule has 154 valence electrons. The second-order valence-electron chi connectivity index (χ2n) is 7.95. The van der Waals surface area contributed by atoms with E-state index in [4.69, 9.17) is 21.3 Å². The van der Waals surface area contributed by atoms with E-state index in [-0.39, 0.29) is 12.0 Å². The highest BCUT2D eigenvalue weighted by Gasteiger charge is 2.36. The van der Waals surface area contributed by atoms with Crippen LogP contribution in [0.3, 0.4) is 0 Å². The Balaban J connectivity index is 2.06. The molecule has 7 heteroatoms. The van der Waals surface area contributed by atoms with Crippen LogP contribution in [0.15, 0.2) is 42.5 Å². The molecule has 5 nitrogen and oxygen atoms in total. The Morgan fingerprint density at radius 2 is 2.00 bits per heavy atom. The number of fused-ring (bicyclic) bond motifs is 1. The lowest BCUT2D eigenvalue weighted by molar-refractivity contribution is 0.0597. The Kier molecular flexibility index (Phi) is 6.46. The summed E-state index contributed by atoms with van der Waals surface area (Å²) in [4.78, 5) is 19.3. The number of nitrogens with zero attached hydrogens (tertiary/aromatic N) is 2. The van der Waals surface area contributed by atoms with Crippen molar-refractivity contribution < 1.29 is 14.6 Å². The van der Waals surface area contributed by atoms with Crippen molar-refractivity contribution >= 4 is 39.1 Å². The zero-order valence-electron chi connectivity index (χ0n) is 17.0. The van der Waals surface area contributed by atoms with Crippen LogP contribution in [0.5, 0.6) is 0 Å². The van der Waals surface area contributed by atoms with E-state index in [1.165, 1.54) is 4.90 Å². The minimum absolute atomic E-state index is 0.276. The fourth-order valence-electron chi connectivity index (χ4n) is 3.49. The Bertz CT molecular complexity index is 1010. The highest BCUT2D eigenvalue weighted by molar-refractivity contribution is 7.22. The molecular weight excluding hydrogens is 408 g/mol. The summed E-state index contributed by atoms with van der Waals surface area (Å²) in [6, 6.07) is 13.3. The zero-order valence-corrected chi connectivity index (χ0v) is 18.5. The molecule has 0 radical (unpaired) electrons. The van der Waals surface area contributed by atoms with Crippen LogP contribution in [-0.2, 0) is 4.74 Å². The number of methoxy groups -OCH3 is 1. The van der Waals surface area contributed by atoms with Crippen molar-refractivity contribution in [3.8, 4) is 10.6 Å². The predicted molar refractivity (Wildman–Crippen MR) is 119 cm³/mol. The number of ether oxygens (including phenoxy) is 1. The molecule has 0 saturated heterocycles. The summed E-state index contributed by atoms with van der Waals surface area (Å²) >= 11 is 7.92. The first-order chi connectivity index (χ1) is 13.7. The average Bonchev–Trinajstić information content (AvgIpc) is 3.09. The van der Waals surface area contributed by atoms with Gasteiger partial charge in [-0.1, -0.05) is 50.6 Å². The number of rotatable bonds is 6. The maximum Gasteiger partial charge on any atom is 0.407 e. The van der Waals surface area contributed by atoms with Gasteiger partial charge in [-0.25, -0.2) is 9.78 Å². The Labute approximate surface area is 179 Å². The molecular formula is C22H25ClN2O3S. The van der Waals surface area contributed by atoms with Gasteiger partial charge in [0.1, 0.15) is 0 Å². The molecule has 1 unspecified atom stereocenters. The topological polar surface area (TPSA) is 62.7 Å². The lowest BCUT2D eigenvalue weighted by atomic mass is 9.83. The van der Waals surface area contributed by atoms with E-state index in [0.717, 1.165) is 31.4 Å². The van der Waals surface area contributed by atoms with E-state index in [9.17, 15) is 9.90 Å². The monoisotopic (exact) mass is 432 g/mol. The normalized spacial score (nSPS) is 12.9. The maximum absolute atomic E-state index is 12.0. The van der Waals surface area contributed by atoms with Gasteiger partial charge in [0.05, 0.1) is 38.6 Å². The van der Waals surface area contributed by atoms with Crippen molar-refractivity contribution in [2.45, 2.75) is 26.8 Å². The van der Waals surface area contributed by atoms with E-state index in [2.05, 4.69) is 6.07 Å². The third kappa shape index (κ3) is 4.71.